The summed E-state index contributed by atoms with van der Waals surface area (Å²) in [5.74, 6) is -1.07. The molecule has 0 fully saturated rings. The summed E-state index contributed by atoms with van der Waals surface area (Å²) < 4.78 is 0. The van der Waals surface area contributed by atoms with Gasteiger partial charge in [-0.2, -0.15) is 5.26 Å². The van der Waals surface area contributed by atoms with Crippen molar-refractivity contribution in [3.8, 4) is 6.07 Å². The van der Waals surface area contributed by atoms with Crippen molar-refractivity contribution < 1.29 is 9.90 Å². The molecule has 0 heterocycles. The summed E-state index contributed by atoms with van der Waals surface area (Å²) in [5, 5.41) is 18.4. The van der Waals surface area contributed by atoms with Crippen molar-refractivity contribution in [2.75, 3.05) is 17.7 Å². The quantitative estimate of drug-likeness (QED) is 0.844. The molecule has 0 bridgehead atoms. The van der Waals surface area contributed by atoms with Crippen LogP contribution in [0.15, 0.2) is 36.4 Å². The highest BCUT2D eigenvalue weighted by Crippen LogP contribution is 2.31. The van der Waals surface area contributed by atoms with Crippen LogP contribution in [0.3, 0.4) is 0 Å². The number of nitrogens with zero attached hydrogens (tertiary/aromatic N) is 2. The van der Waals surface area contributed by atoms with Crippen LogP contribution in [0.25, 0.3) is 0 Å². The molecular weight excluding hydrogens is 266 g/mol. The number of carboxylic acids is 1. The summed E-state index contributed by atoms with van der Waals surface area (Å²) in [6.45, 7) is 1.76. The first-order valence-electron chi connectivity index (χ1n) is 6.32. The Bertz CT molecular complexity index is 748. The summed E-state index contributed by atoms with van der Waals surface area (Å²) in [5.41, 5.74) is 8.70. The van der Waals surface area contributed by atoms with E-state index < -0.39 is 5.97 Å². The van der Waals surface area contributed by atoms with Crippen LogP contribution in [0.5, 0.6) is 0 Å². The Kier molecular flexibility index (Phi) is 3.81. The Morgan fingerprint density at radius 3 is 2.62 bits per heavy atom. The summed E-state index contributed by atoms with van der Waals surface area (Å²) in [7, 11) is 1.78. The summed E-state index contributed by atoms with van der Waals surface area (Å²) in [4.78, 5) is 13.0. The van der Waals surface area contributed by atoms with Crippen LogP contribution >= 0.6 is 0 Å². The Hall–Kier alpha value is -3.00. The van der Waals surface area contributed by atoms with Crippen LogP contribution in [-0.2, 0) is 0 Å². The normalized spacial score (nSPS) is 9.95. The number of aryl methyl sites for hydroxylation is 1. The molecule has 0 aliphatic carbocycles. The van der Waals surface area contributed by atoms with Crippen LogP contribution in [0.2, 0.25) is 0 Å². The molecule has 2 rings (SSSR count). The number of nitrogens with two attached hydrogens (primary N) is 1. The molecule has 0 atom stereocenters. The molecule has 0 saturated carbocycles. The van der Waals surface area contributed by atoms with Gasteiger partial charge < -0.3 is 15.7 Å². The maximum atomic E-state index is 11.3. The minimum Gasteiger partial charge on any atom is -0.478 e. The smallest absolute Gasteiger partial charge is 0.337 e. The van der Waals surface area contributed by atoms with Gasteiger partial charge in [-0.15, -0.1) is 0 Å². The number of benzene rings is 2. The molecule has 106 valence electrons. The lowest BCUT2D eigenvalue weighted by Crippen LogP contribution is -2.13. The number of carbonyl (C=O) groups is 1. The number of anilines is 3. The number of aromatic carboxylic acids is 1. The molecule has 0 aliphatic heterocycles. The maximum Gasteiger partial charge on any atom is 0.337 e. The van der Waals surface area contributed by atoms with E-state index >= 15 is 0 Å². The van der Waals surface area contributed by atoms with E-state index in [1.807, 2.05) is 12.1 Å². The molecule has 0 radical (unpaired) electrons. The van der Waals surface area contributed by atoms with E-state index in [0.29, 0.717) is 22.5 Å². The number of hydrogen-bond acceptors (Lipinski definition) is 4. The molecule has 0 saturated heterocycles. The third-order valence-corrected chi connectivity index (χ3v) is 3.38. The van der Waals surface area contributed by atoms with Gasteiger partial charge in [-0.25, -0.2) is 4.79 Å². The van der Waals surface area contributed by atoms with Crippen LogP contribution < -0.4 is 10.6 Å². The molecule has 2 aromatic carbocycles. The van der Waals surface area contributed by atoms with E-state index in [1.54, 1.807) is 37.1 Å². The zero-order valence-electron chi connectivity index (χ0n) is 11.8. The molecule has 21 heavy (non-hydrogen) atoms. The van der Waals surface area contributed by atoms with E-state index in [2.05, 4.69) is 6.07 Å². The fraction of sp³-hybridized carbons (Fsp3) is 0.125. The van der Waals surface area contributed by atoms with Gasteiger partial charge in [-0.1, -0.05) is 12.1 Å². The van der Waals surface area contributed by atoms with Crippen LogP contribution in [0.4, 0.5) is 17.1 Å². The van der Waals surface area contributed by atoms with Crippen LogP contribution in [0.1, 0.15) is 21.5 Å². The lowest BCUT2D eigenvalue weighted by molar-refractivity contribution is 0.0698. The van der Waals surface area contributed by atoms with Gasteiger partial charge >= 0.3 is 5.97 Å². The molecule has 2 aromatic rings. The molecule has 0 unspecified atom stereocenters. The average Bonchev–Trinajstić information content (AvgIpc) is 2.48. The van der Waals surface area contributed by atoms with Crippen molar-refractivity contribution in [1.82, 2.24) is 0 Å². The topological polar surface area (TPSA) is 90.3 Å². The molecule has 0 aliphatic rings. The summed E-state index contributed by atoms with van der Waals surface area (Å²) in [6, 6.07) is 12.6. The molecule has 5 heteroatoms. The van der Waals surface area contributed by atoms with E-state index in [4.69, 9.17) is 11.0 Å². The summed E-state index contributed by atoms with van der Waals surface area (Å²) in [6.07, 6.45) is 0. The van der Waals surface area contributed by atoms with Gasteiger partial charge in [0.15, 0.2) is 0 Å². The van der Waals surface area contributed by atoms with Gasteiger partial charge in [0, 0.05) is 18.4 Å². The standard InChI is InChI=1S/C16H15N3O2/c1-10-7-12(8-13(15(10)18)16(20)21)19(2)14-6-4-3-5-11(14)9-17/h3-8H,18H2,1-2H3,(H,20,21). The highest BCUT2D eigenvalue weighted by molar-refractivity contribution is 5.96. The predicted molar refractivity (Wildman–Crippen MR) is 81.8 cm³/mol. The first-order chi connectivity index (χ1) is 9.95. The number of para-hydroxylation sites is 1. The Morgan fingerprint density at radius 1 is 1.33 bits per heavy atom. The fourth-order valence-corrected chi connectivity index (χ4v) is 2.15. The first-order valence-corrected chi connectivity index (χ1v) is 6.32. The number of carboxylic acid groups (broad SMARTS) is 1. The van der Waals surface area contributed by atoms with Crippen molar-refractivity contribution in [2.24, 2.45) is 0 Å². The summed E-state index contributed by atoms with van der Waals surface area (Å²) >= 11 is 0. The van der Waals surface area contributed by atoms with Gasteiger partial charge in [-0.3, -0.25) is 0 Å². The number of hydrogen-bond donors (Lipinski definition) is 2. The van der Waals surface area contributed by atoms with Crippen LogP contribution in [-0.4, -0.2) is 18.1 Å². The molecular formula is C16H15N3O2. The van der Waals surface area contributed by atoms with Gasteiger partial charge in [0.25, 0.3) is 0 Å². The first kappa shape index (κ1) is 14.4. The monoisotopic (exact) mass is 281 g/mol. The van der Waals surface area contributed by atoms with Crippen molar-refractivity contribution in [3.63, 3.8) is 0 Å². The van der Waals surface area contributed by atoms with Crippen molar-refractivity contribution in [3.05, 3.63) is 53.1 Å². The largest absolute Gasteiger partial charge is 0.478 e. The number of nitrogen functional groups attached to an aromatic ring is 1. The highest BCUT2D eigenvalue weighted by atomic mass is 16.4. The second-order valence-electron chi connectivity index (χ2n) is 4.72. The zero-order valence-corrected chi connectivity index (χ0v) is 11.8. The van der Waals surface area contributed by atoms with E-state index in [-0.39, 0.29) is 11.3 Å². The van der Waals surface area contributed by atoms with Gasteiger partial charge in [0.05, 0.1) is 16.8 Å². The second-order valence-corrected chi connectivity index (χ2v) is 4.72. The predicted octanol–water partition coefficient (Wildman–Crippen LogP) is 2.92. The van der Waals surface area contributed by atoms with Gasteiger partial charge in [0.1, 0.15) is 6.07 Å². The van der Waals surface area contributed by atoms with Crippen molar-refractivity contribution in [1.29, 1.82) is 5.26 Å². The van der Waals surface area contributed by atoms with E-state index in [1.165, 1.54) is 6.07 Å². The highest BCUT2D eigenvalue weighted by Gasteiger charge is 2.15. The van der Waals surface area contributed by atoms with Crippen molar-refractivity contribution in [2.45, 2.75) is 6.92 Å². The van der Waals surface area contributed by atoms with Crippen LogP contribution in [0, 0.1) is 18.3 Å². The molecule has 0 spiro atoms. The minimum absolute atomic E-state index is 0.0614. The molecule has 5 nitrogen and oxygen atoms in total. The Labute approximate surface area is 122 Å². The van der Waals surface area contributed by atoms with E-state index in [0.717, 1.165) is 0 Å². The van der Waals surface area contributed by atoms with Gasteiger partial charge in [-0.05, 0) is 36.8 Å². The maximum absolute atomic E-state index is 11.3. The minimum atomic E-state index is -1.07. The average molecular weight is 281 g/mol. The fourth-order valence-electron chi connectivity index (χ4n) is 2.15. The third kappa shape index (κ3) is 2.65. The van der Waals surface area contributed by atoms with Crippen molar-refractivity contribution >= 4 is 23.0 Å². The number of nitriles is 1. The SMILES string of the molecule is Cc1cc(N(C)c2ccccc2C#N)cc(C(=O)O)c1N. The lowest BCUT2D eigenvalue weighted by atomic mass is 10.1. The number of rotatable bonds is 3. The van der Waals surface area contributed by atoms with Gasteiger partial charge in [0.2, 0.25) is 0 Å². The lowest BCUT2D eigenvalue weighted by Gasteiger charge is -2.22. The third-order valence-electron chi connectivity index (χ3n) is 3.38. The van der Waals surface area contributed by atoms with E-state index in [9.17, 15) is 9.90 Å². The molecule has 0 aromatic heterocycles. The molecule has 3 N–H and O–H groups in total. The Balaban J connectivity index is 2.57. The second kappa shape index (κ2) is 5.55. The molecule has 0 amide bonds. The Morgan fingerprint density at radius 2 is 2.00 bits per heavy atom. The zero-order chi connectivity index (χ0) is 15.6.